The molecule has 0 spiro atoms. The molecule has 0 bridgehead atoms. The summed E-state index contributed by atoms with van der Waals surface area (Å²) in [7, 11) is 1.52. The molecule has 1 atom stereocenters. The second-order valence-electron chi connectivity index (χ2n) is 9.13. The minimum atomic E-state index is -0.693. The zero-order valence-corrected chi connectivity index (χ0v) is 21.3. The standard InChI is InChI=1S/C29H27FN6O2/c1-18-12-19(2)36(34-18)24-9-5-7-21(14-24)26-17-32-27-15-22(10-11-35(26)27)29(38)33-25(16-28(37)31-3)20-6-4-8-23(30)13-20/h4-15,17,25H,16H2,1-3H3,(H,31,37)(H,33,38)/t25-/m0/s1. The Morgan fingerprint density at radius 3 is 2.58 bits per heavy atom. The number of imidazole rings is 1. The molecule has 0 saturated heterocycles. The summed E-state index contributed by atoms with van der Waals surface area (Å²) in [4.78, 5) is 29.7. The molecule has 0 fully saturated rings. The summed E-state index contributed by atoms with van der Waals surface area (Å²) in [5.41, 5.74) is 6.24. The molecule has 0 radical (unpaired) electrons. The van der Waals surface area contributed by atoms with Crippen molar-refractivity contribution in [3.8, 4) is 16.9 Å². The van der Waals surface area contributed by atoms with Crippen molar-refractivity contribution in [1.29, 1.82) is 0 Å². The number of hydrogen-bond donors (Lipinski definition) is 2. The molecule has 9 heteroatoms. The van der Waals surface area contributed by atoms with Crippen LogP contribution in [0.25, 0.3) is 22.6 Å². The van der Waals surface area contributed by atoms with Gasteiger partial charge in [-0.2, -0.15) is 5.10 Å². The van der Waals surface area contributed by atoms with Gasteiger partial charge < -0.3 is 10.6 Å². The van der Waals surface area contributed by atoms with Crippen LogP contribution in [0.3, 0.4) is 0 Å². The molecule has 8 nitrogen and oxygen atoms in total. The van der Waals surface area contributed by atoms with Gasteiger partial charge in [-0.1, -0.05) is 24.3 Å². The third kappa shape index (κ3) is 5.04. The Labute approximate surface area is 219 Å². The first-order valence-electron chi connectivity index (χ1n) is 12.2. The third-order valence-electron chi connectivity index (χ3n) is 6.40. The highest BCUT2D eigenvalue weighted by molar-refractivity contribution is 5.95. The lowest BCUT2D eigenvalue weighted by atomic mass is 10.0. The number of pyridine rings is 1. The van der Waals surface area contributed by atoms with E-state index in [1.165, 1.54) is 19.2 Å². The van der Waals surface area contributed by atoms with E-state index in [-0.39, 0.29) is 18.2 Å². The van der Waals surface area contributed by atoms with Gasteiger partial charge in [0, 0.05) is 30.1 Å². The molecule has 2 amide bonds. The molecule has 0 aliphatic carbocycles. The molecule has 5 aromatic rings. The minimum Gasteiger partial charge on any atom is -0.359 e. The van der Waals surface area contributed by atoms with Crippen molar-refractivity contribution in [1.82, 2.24) is 29.8 Å². The number of nitrogens with one attached hydrogen (secondary N) is 2. The van der Waals surface area contributed by atoms with Gasteiger partial charge >= 0.3 is 0 Å². The fourth-order valence-corrected chi connectivity index (χ4v) is 4.53. The maximum Gasteiger partial charge on any atom is 0.251 e. The van der Waals surface area contributed by atoms with Crippen molar-refractivity contribution in [2.24, 2.45) is 0 Å². The lowest BCUT2D eigenvalue weighted by molar-refractivity contribution is -0.121. The smallest absolute Gasteiger partial charge is 0.251 e. The van der Waals surface area contributed by atoms with Gasteiger partial charge in [0.2, 0.25) is 5.91 Å². The zero-order chi connectivity index (χ0) is 26.8. The van der Waals surface area contributed by atoms with Gasteiger partial charge in [0.15, 0.2) is 0 Å². The van der Waals surface area contributed by atoms with Gasteiger partial charge in [0.25, 0.3) is 5.91 Å². The molecule has 192 valence electrons. The van der Waals surface area contributed by atoms with Gasteiger partial charge in [-0.25, -0.2) is 14.1 Å². The van der Waals surface area contributed by atoms with Crippen molar-refractivity contribution >= 4 is 17.5 Å². The second kappa shape index (κ2) is 10.3. The van der Waals surface area contributed by atoms with E-state index in [2.05, 4.69) is 20.7 Å². The normalized spacial score (nSPS) is 11.9. The summed E-state index contributed by atoms with van der Waals surface area (Å²) in [5.74, 6) is -1.09. The Kier molecular flexibility index (Phi) is 6.74. The third-order valence-corrected chi connectivity index (χ3v) is 6.40. The number of fused-ring (bicyclic) bond motifs is 1. The summed E-state index contributed by atoms with van der Waals surface area (Å²) in [6.07, 6.45) is 3.53. The maximum absolute atomic E-state index is 13.8. The summed E-state index contributed by atoms with van der Waals surface area (Å²) in [5, 5.41) is 9.99. The Hall–Kier alpha value is -4.79. The van der Waals surface area contributed by atoms with Crippen LogP contribution in [0.4, 0.5) is 4.39 Å². The number of nitrogens with zero attached hydrogens (tertiary/aromatic N) is 4. The van der Waals surface area contributed by atoms with Crippen LogP contribution in [0, 0.1) is 19.7 Å². The average Bonchev–Trinajstić information content (AvgIpc) is 3.49. The van der Waals surface area contributed by atoms with Crippen molar-refractivity contribution < 1.29 is 14.0 Å². The lowest BCUT2D eigenvalue weighted by Gasteiger charge is -2.19. The highest BCUT2D eigenvalue weighted by Crippen LogP contribution is 2.25. The van der Waals surface area contributed by atoms with E-state index in [1.54, 1.807) is 36.7 Å². The number of aryl methyl sites for hydroxylation is 2. The number of carbonyl (C=O) groups excluding carboxylic acids is 2. The van der Waals surface area contributed by atoms with Crippen LogP contribution in [-0.4, -0.2) is 38.0 Å². The highest BCUT2D eigenvalue weighted by atomic mass is 19.1. The number of aromatic nitrogens is 4. The highest BCUT2D eigenvalue weighted by Gasteiger charge is 2.20. The Bertz CT molecular complexity index is 1650. The van der Waals surface area contributed by atoms with E-state index >= 15 is 0 Å². The molecular weight excluding hydrogens is 483 g/mol. The van der Waals surface area contributed by atoms with Crippen LogP contribution < -0.4 is 10.6 Å². The first kappa shape index (κ1) is 24.9. The van der Waals surface area contributed by atoms with Crippen molar-refractivity contribution in [3.05, 3.63) is 107 Å². The van der Waals surface area contributed by atoms with E-state index < -0.39 is 11.9 Å². The van der Waals surface area contributed by atoms with Crippen molar-refractivity contribution in [2.45, 2.75) is 26.3 Å². The van der Waals surface area contributed by atoms with E-state index in [0.29, 0.717) is 16.8 Å². The van der Waals surface area contributed by atoms with Crippen LogP contribution in [0.15, 0.2) is 79.1 Å². The van der Waals surface area contributed by atoms with Crippen LogP contribution >= 0.6 is 0 Å². The Balaban J connectivity index is 1.42. The predicted molar refractivity (Wildman–Crippen MR) is 143 cm³/mol. The first-order valence-corrected chi connectivity index (χ1v) is 12.2. The predicted octanol–water partition coefficient (Wildman–Crippen LogP) is 4.55. The Morgan fingerprint density at radius 1 is 1.03 bits per heavy atom. The topological polar surface area (TPSA) is 93.3 Å². The van der Waals surface area contributed by atoms with E-state index in [4.69, 9.17) is 0 Å². The number of rotatable bonds is 7. The monoisotopic (exact) mass is 510 g/mol. The van der Waals surface area contributed by atoms with E-state index in [9.17, 15) is 14.0 Å². The fraction of sp³-hybridized carbons (Fsp3) is 0.172. The van der Waals surface area contributed by atoms with E-state index in [1.807, 2.05) is 53.3 Å². The molecular formula is C29H27FN6O2. The summed E-state index contributed by atoms with van der Waals surface area (Å²) >= 11 is 0. The van der Waals surface area contributed by atoms with Crippen LogP contribution in [0.5, 0.6) is 0 Å². The van der Waals surface area contributed by atoms with Crippen molar-refractivity contribution in [2.75, 3.05) is 7.05 Å². The number of carbonyl (C=O) groups is 2. The largest absolute Gasteiger partial charge is 0.359 e. The number of benzene rings is 2. The molecule has 2 N–H and O–H groups in total. The van der Waals surface area contributed by atoms with Gasteiger partial charge in [0.1, 0.15) is 11.5 Å². The minimum absolute atomic E-state index is 0.0208. The molecule has 3 aromatic heterocycles. The van der Waals surface area contributed by atoms with Gasteiger partial charge in [0.05, 0.1) is 35.7 Å². The molecule has 5 rings (SSSR count). The van der Waals surface area contributed by atoms with Crippen molar-refractivity contribution in [3.63, 3.8) is 0 Å². The van der Waals surface area contributed by atoms with E-state index in [0.717, 1.165) is 28.3 Å². The number of amides is 2. The Morgan fingerprint density at radius 2 is 1.84 bits per heavy atom. The van der Waals surface area contributed by atoms with Gasteiger partial charge in [-0.3, -0.25) is 14.0 Å². The summed E-state index contributed by atoms with van der Waals surface area (Å²) in [6, 6.07) is 18.6. The molecule has 0 aliphatic heterocycles. The SMILES string of the molecule is CNC(=O)C[C@H](NC(=O)c1ccn2c(-c3cccc(-n4nc(C)cc4C)c3)cnc2c1)c1cccc(F)c1. The van der Waals surface area contributed by atoms with Crippen LogP contribution in [-0.2, 0) is 4.79 Å². The molecule has 38 heavy (non-hydrogen) atoms. The maximum atomic E-state index is 13.8. The molecule has 3 heterocycles. The average molecular weight is 511 g/mol. The van der Waals surface area contributed by atoms with Crippen LogP contribution in [0.1, 0.15) is 39.8 Å². The first-order chi connectivity index (χ1) is 18.3. The number of halogens is 1. The van der Waals surface area contributed by atoms with Crippen LogP contribution in [0.2, 0.25) is 0 Å². The molecule has 2 aromatic carbocycles. The molecule has 0 unspecified atom stereocenters. The summed E-state index contributed by atoms with van der Waals surface area (Å²) < 4.78 is 17.6. The van der Waals surface area contributed by atoms with Gasteiger partial charge in [-0.15, -0.1) is 0 Å². The molecule has 0 aliphatic rings. The molecule has 0 saturated carbocycles. The zero-order valence-electron chi connectivity index (χ0n) is 21.3. The summed E-state index contributed by atoms with van der Waals surface area (Å²) in [6.45, 7) is 3.98. The number of hydrogen-bond acceptors (Lipinski definition) is 4. The quantitative estimate of drug-likeness (QED) is 0.336. The fourth-order valence-electron chi connectivity index (χ4n) is 4.53. The lowest BCUT2D eigenvalue weighted by Crippen LogP contribution is -2.32. The second-order valence-corrected chi connectivity index (χ2v) is 9.13. The van der Waals surface area contributed by atoms with Gasteiger partial charge in [-0.05, 0) is 61.9 Å².